The van der Waals surface area contributed by atoms with Crippen molar-refractivity contribution in [3.63, 3.8) is 0 Å². The first-order valence-corrected chi connectivity index (χ1v) is 7.58. The van der Waals surface area contributed by atoms with E-state index in [4.69, 9.17) is 16.3 Å². The van der Waals surface area contributed by atoms with Crippen LogP contribution in [0.5, 0.6) is 11.5 Å². The number of halogens is 1. The third-order valence-corrected chi connectivity index (χ3v) is 3.66. The molecule has 0 unspecified atom stereocenters. The van der Waals surface area contributed by atoms with Crippen LogP contribution in [0, 0.1) is 0 Å². The average molecular weight is 294 g/mol. The lowest BCUT2D eigenvalue weighted by Crippen LogP contribution is -2.06. The van der Waals surface area contributed by atoms with Crippen molar-refractivity contribution in [2.24, 2.45) is 0 Å². The molecule has 0 saturated heterocycles. The number of ether oxygens (including phenoxy) is 1. The van der Waals surface area contributed by atoms with E-state index in [0.29, 0.717) is 0 Å². The largest absolute Gasteiger partial charge is 0.457 e. The summed E-state index contributed by atoms with van der Waals surface area (Å²) in [4.78, 5) is 1.22. The molecule has 0 aliphatic carbocycles. The first kappa shape index (κ1) is 14.3. The quantitative estimate of drug-likeness (QED) is 0.816. The molecule has 0 atom stereocenters. The number of nitrogens with one attached hydrogen (secondary N) is 1. The van der Waals surface area contributed by atoms with Gasteiger partial charge in [-0.1, -0.05) is 11.6 Å². The molecule has 1 N–H and O–H groups in total. The Labute approximate surface area is 123 Å². The SMILES string of the molecule is CNCc1cc(Cl)ccc1Oc1ccc(SC)cc1. The Morgan fingerprint density at radius 2 is 1.89 bits per heavy atom. The van der Waals surface area contributed by atoms with E-state index in [1.54, 1.807) is 11.8 Å². The molecule has 0 heterocycles. The van der Waals surface area contributed by atoms with Crippen molar-refractivity contribution in [3.05, 3.63) is 53.1 Å². The number of hydrogen-bond acceptors (Lipinski definition) is 3. The second-order valence-corrected chi connectivity index (χ2v) is 5.38. The molecule has 0 bridgehead atoms. The zero-order chi connectivity index (χ0) is 13.7. The van der Waals surface area contributed by atoms with E-state index in [1.165, 1.54) is 4.90 Å². The van der Waals surface area contributed by atoms with Gasteiger partial charge in [-0.25, -0.2) is 0 Å². The van der Waals surface area contributed by atoms with Gasteiger partial charge in [0.25, 0.3) is 0 Å². The molecule has 0 saturated carbocycles. The summed E-state index contributed by atoms with van der Waals surface area (Å²) in [7, 11) is 1.90. The Hall–Kier alpha value is -1.16. The van der Waals surface area contributed by atoms with Gasteiger partial charge in [0, 0.05) is 22.0 Å². The van der Waals surface area contributed by atoms with Gasteiger partial charge in [0.2, 0.25) is 0 Å². The Balaban J connectivity index is 2.21. The second kappa shape index (κ2) is 6.85. The molecule has 0 aliphatic heterocycles. The van der Waals surface area contributed by atoms with Gasteiger partial charge in [0.15, 0.2) is 0 Å². The lowest BCUT2D eigenvalue weighted by molar-refractivity contribution is 0.474. The van der Waals surface area contributed by atoms with Crippen molar-refractivity contribution in [2.75, 3.05) is 13.3 Å². The first-order chi connectivity index (χ1) is 9.22. The third-order valence-electron chi connectivity index (χ3n) is 2.68. The minimum Gasteiger partial charge on any atom is -0.457 e. The fraction of sp³-hybridized carbons (Fsp3) is 0.200. The maximum atomic E-state index is 6.01. The van der Waals surface area contributed by atoms with Crippen LogP contribution in [0.4, 0.5) is 0 Å². The van der Waals surface area contributed by atoms with Crippen LogP contribution in [-0.4, -0.2) is 13.3 Å². The molecule has 4 heteroatoms. The van der Waals surface area contributed by atoms with Crippen LogP contribution in [0.1, 0.15) is 5.56 Å². The highest BCUT2D eigenvalue weighted by molar-refractivity contribution is 7.98. The van der Waals surface area contributed by atoms with Gasteiger partial charge in [-0.3, -0.25) is 0 Å². The Morgan fingerprint density at radius 1 is 1.16 bits per heavy atom. The molecule has 2 rings (SSSR count). The van der Waals surface area contributed by atoms with Gasteiger partial charge in [-0.15, -0.1) is 11.8 Å². The van der Waals surface area contributed by atoms with Crippen molar-refractivity contribution in [1.29, 1.82) is 0 Å². The number of rotatable bonds is 5. The highest BCUT2D eigenvalue weighted by atomic mass is 35.5. The summed E-state index contributed by atoms with van der Waals surface area (Å²) < 4.78 is 5.91. The molecular weight excluding hydrogens is 278 g/mol. The molecule has 0 spiro atoms. The third kappa shape index (κ3) is 3.90. The number of thioether (sulfide) groups is 1. The minimum atomic E-state index is 0.718. The summed E-state index contributed by atoms with van der Waals surface area (Å²) in [6, 6.07) is 13.7. The minimum absolute atomic E-state index is 0.718. The highest BCUT2D eigenvalue weighted by Gasteiger charge is 2.05. The summed E-state index contributed by atoms with van der Waals surface area (Å²) in [5.74, 6) is 1.66. The standard InChI is InChI=1S/C15H16ClNOS/c1-17-10-11-9-12(16)3-8-15(11)18-13-4-6-14(19-2)7-5-13/h3-9,17H,10H2,1-2H3. The highest BCUT2D eigenvalue weighted by Crippen LogP contribution is 2.29. The van der Waals surface area contributed by atoms with Crippen molar-refractivity contribution < 1.29 is 4.74 Å². The van der Waals surface area contributed by atoms with Crippen molar-refractivity contribution >= 4 is 23.4 Å². The Morgan fingerprint density at radius 3 is 2.53 bits per heavy atom. The summed E-state index contributed by atoms with van der Waals surface area (Å²) in [5.41, 5.74) is 1.05. The molecule has 19 heavy (non-hydrogen) atoms. The van der Waals surface area contributed by atoms with Gasteiger partial charge in [-0.2, -0.15) is 0 Å². The van der Waals surface area contributed by atoms with Crippen LogP contribution >= 0.6 is 23.4 Å². The molecule has 2 aromatic rings. The fourth-order valence-electron chi connectivity index (χ4n) is 1.75. The molecule has 0 aromatic heterocycles. The molecule has 0 fully saturated rings. The van der Waals surface area contributed by atoms with Crippen molar-refractivity contribution in [2.45, 2.75) is 11.4 Å². The smallest absolute Gasteiger partial charge is 0.132 e. The normalized spacial score (nSPS) is 10.5. The van der Waals surface area contributed by atoms with Crippen LogP contribution < -0.4 is 10.1 Å². The van der Waals surface area contributed by atoms with E-state index >= 15 is 0 Å². The number of hydrogen-bond donors (Lipinski definition) is 1. The molecule has 100 valence electrons. The van der Waals surface area contributed by atoms with Crippen LogP contribution in [0.3, 0.4) is 0 Å². The van der Waals surface area contributed by atoms with Gasteiger partial charge < -0.3 is 10.1 Å². The molecule has 2 aromatic carbocycles. The Bertz CT molecular complexity index is 542. The lowest BCUT2D eigenvalue weighted by atomic mass is 10.2. The molecule has 0 radical (unpaired) electrons. The Kier molecular flexibility index (Phi) is 5.14. The predicted molar refractivity (Wildman–Crippen MR) is 82.5 cm³/mol. The molecule has 0 aliphatic rings. The second-order valence-electron chi connectivity index (χ2n) is 4.06. The monoisotopic (exact) mass is 293 g/mol. The van der Waals surface area contributed by atoms with Gasteiger partial charge in [0.1, 0.15) is 11.5 Å². The number of benzene rings is 2. The maximum Gasteiger partial charge on any atom is 0.132 e. The van der Waals surface area contributed by atoms with Crippen LogP contribution in [-0.2, 0) is 6.54 Å². The molecule has 0 amide bonds. The zero-order valence-electron chi connectivity index (χ0n) is 10.9. The van der Waals surface area contributed by atoms with Crippen molar-refractivity contribution in [3.8, 4) is 11.5 Å². The van der Waals surface area contributed by atoms with E-state index in [-0.39, 0.29) is 0 Å². The van der Waals surface area contributed by atoms with Crippen LogP contribution in [0.25, 0.3) is 0 Å². The average Bonchev–Trinajstić information content (AvgIpc) is 2.43. The summed E-state index contributed by atoms with van der Waals surface area (Å²) in [5, 5.41) is 3.83. The topological polar surface area (TPSA) is 21.3 Å². The lowest BCUT2D eigenvalue weighted by Gasteiger charge is -2.11. The van der Waals surface area contributed by atoms with Gasteiger partial charge >= 0.3 is 0 Å². The summed E-state index contributed by atoms with van der Waals surface area (Å²) in [6.45, 7) is 0.721. The zero-order valence-corrected chi connectivity index (χ0v) is 12.5. The summed E-state index contributed by atoms with van der Waals surface area (Å²) >= 11 is 7.72. The maximum absolute atomic E-state index is 6.01. The molecular formula is C15H16ClNOS. The van der Waals surface area contributed by atoms with Crippen molar-refractivity contribution in [1.82, 2.24) is 5.32 Å². The van der Waals surface area contributed by atoms with Crippen LogP contribution in [0.15, 0.2) is 47.4 Å². The van der Waals surface area contributed by atoms with E-state index in [0.717, 1.165) is 28.6 Å². The fourth-order valence-corrected chi connectivity index (χ4v) is 2.35. The van der Waals surface area contributed by atoms with E-state index in [1.807, 2.05) is 49.5 Å². The predicted octanol–water partition coefficient (Wildman–Crippen LogP) is 4.57. The van der Waals surface area contributed by atoms with Gasteiger partial charge in [-0.05, 0) is 55.8 Å². The van der Waals surface area contributed by atoms with E-state index < -0.39 is 0 Å². The van der Waals surface area contributed by atoms with E-state index in [9.17, 15) is 0 Å². The van der Waals surface area contributed by atoms with Crippen LogP contribution in [0.2, 0.25) is 5.02 Å². The van der Waals surface area contributed by atoms with Gasteiger partial charge in [0.05, 0.1) is 0 Å². The summed E-state index contributed by atoms with van der Waals surface area (Å²) in [6.07, 6.45) is 2.06. The molecule has 2 nitrogen and oxygen atoms in total. The first-order valence-electron chi connectivity index (χ1n) is 5.98. The van der Waals surface area contributed by atoms with E-state index in [2.05, 4.69) is 11.6 Å².